The van der Waals surface area contributed by atoms with Gasteiger partial charge in [0.15, 0.2) is 0 Å². The molecule has 158 valence electrons. The second-order valence-electron chi connectivity index (χ2n) is 9.42. The van der Waals surface area contributed by atoms with E-state index in [0.717, 1.165) is 17.8 Å². The summed E-state index contributed by atoms with van der Waals surface area (Å²) in [5, 5.41) is 0. The fourth-order valence-corrected chi connectivity index (χ4v) is 5.69. The minimum absolute atomic E-state index is 0.376. The van der Waals surface area contributed by atoms with Crippen molar-refractivity contribution in [2.24, 2.45) is 17.8 Å². The monoisotopic (exact) mass is 394 g/mol. The van der Waals surface area contributed by atoms with E-state index in [1.54, 1.807) is 12.1 Å². The van der Waals surface area contributed by atoms with Crippen molar-refractivity contribution in [2.45, 2.75) is 102 Å². The first kappa shape index (κ1) is 21.7. The highest BCUT2D eigenvalue weighted by molar-refractivity contribution is 5.26. The van der Waals surface area contributed by atoms with Gasteiger partial charge >= 0.3 is 6.18 Å². The van der Waals surface area contributed by atoms with Gasteiger partial charge in [-0.1, -0.05) is 69.7 Å². The van der Waals surface area contributed by atoms with E-state index in [2.05, 4.69) is 6.92 Å². The Hall–Kier alpha value is -0.990. The van der Waals surface area contributed by atoms with Crippen molar-refractivity contribution in [3.05, 3.63) is 35.4 Å². The zero-order valence-corrected chi connectivity index (χ0v) is 17.4. The zero-order chi connectivity index (χ0) is 20.0. The standard InChI is InChI=1S/C25H37F3/c1-2-3-4-5-19-6-10-21(11-7-19)23-14-16-24(17-15-23)22-12-8-20(9-13-22)18-25(26,27)28/h8-9,12-13,19,21,23-24H,2-7,10-11,14-18H2,1H3/t19-,21-,23?,24?. The van der Waals surface area contributed by atoms with E-state index < -0.39 is 12.6 Å². The molecule has 1 aromatic carbocycles. The number of hydrogen-bond donors (Lipinski definition) is 0. The van der Waals surface area contributed by atoms with E-state index in [4.69, 9.17) is 0 Å². The molecule has 0 heterocycles. The van der Waals surface area contributed by atoms with Gasteiger partial charge in [-0.05, 0) is 73.3 Å². The molecule has 0 nitrogen and oxygen atoms in total. The Bertz CT molecular complexity index is 558. The molecule has 0 amide bonds. The highest BCUT2D eigenvalue weighted by Crippen LogP contribution is 2.44. The van der Waals surface area contributed by atoms with Gasteiger partial charge in [-0.15, -0.1) is 0 Å². The highest BCUT2D eigenvalue weighted by Gasteiger charge is 2.31. The van der Waals surface area contributed by atoms with Crippen molar-refractivity contribution in [1.82, 2.24) is 0 Å². The molecule has 2 fully saturated rings. The maximum absolute atomic E-state index is 12.5. The molecule has 3 rings (SSSR count). The second kappa shape index (κ2) is 10.2. The SMILES string of the molecule is CCCCC[C@H]1CC[C@H](C2CCC(c3ccc(CC(F)(F)F)cc3)CC2)CC1. The van der Waals surface area contributed by atoms with Crippen LogP contribution in [0, 0.1) is 17.8 Å². The summed E-state index contributed by atoms with van der Waals surface area (Å²) in [6.45, 7) is 2.28. The number of hydrogen-bond acceptors (Lipinski definition) is 0. The number of alkyl halides is 3. The van der Waals surface area contributed by atoms with E-state index in [-0.39, 0.29) is 0 Å². The number of halogens is 3. The van der Waals surface area contributed by atoms with Crippen LogP contribution in [-0.4, -0.2) is 6.18 Å². The van der Waals surface area contributed by atoms with Gasteiger partial charge in [0.1, 0.15) is 0 Å². The molecule has 2 saturated carbocycles. The molecule has 0 unspecified atom stereocenters. The van der Waals surface area contributed by atoms with Crippen molar-refractivity contribution < 1.29 is 13.2 Å². The summed E-state index contributed by atoms with van der Waals surface area (Å²) >= 11 is 0. The van der Waals surface area contributed by atoms with Crippen LogP contribution in [0.1, 0.15) is 101 Å². The Morgan fingerprint density at radius 2 is 1.36 bits per heavy atom. The molecule has 0 bridgehead atoms. The second-order valence-corrected chi connectivity index (χ2v) is 9.42. The van der Waals surface area contributed by atoms with Gasteiger partial charge in [0.2, 0.25) is 0 Å². The Labute approximate surface area is 169 Å². The Balaban J connectivity index is 1.41. The molecule has 0 N–H and O–H groups in total. The largest absolute Gasteiger partial charge is 0.393 e. The first-order valence-electron chi connectivity index (χ1n) is 11.6. The van der Waals surface area contributed by atoms with Crippen molar-refractivity contribution in [3.8, 4) is 0 Å². The molecule has 0 aliphatic heterocycles. The normalized spacial score (nSPS) is 29.0. The van der Waals surface area contributed by atoms with E-state index in [1.165, 1.54) is 82.6 Å². The van der Waals surface area contributed by atoms with Gasteiger partial charge < -0.3 is 0 Å². The predicted octanol–water partition coefficient (Wildman–Crippen LogP) is 8.45. The average molecular weight is 395 g/mol. The van der Waals surface area contributed by atoms with Crippen LogP contribution in [0.5, 0.6) is 0 Å². The van der Waals surface area contributed by atoms with Crippen molar-refractivity contribution in [3.63, 3.8) is 0 Å². The third-order valence-corrected chi connectivity index (χ3v) is 7.40. The zero-order valence-electron chi connectivity index (χ0n) is 17.4. The van der Waals surface area contributed by atoms with Gasteiger partial charge in [0.25, 0.3) is 0 Å². The summed E-state index contributed by atoms with van der Waals surface area (Å²) < 4.78 is 37.6. The summed E-state index contributed by atoms with van der Waals surface area (Å²) in [5.74, 6) is 3.34. The van der Waals surface area contributed by atoms with Crippen LogP contribution in [0.15, 0.2) is 24.3 Å². The first-order valence-corrected chi connectivity index (χ1v) is 11.6. The highest BCUT2D eigenvalue weighted by atomic mass is 19.4. The quantitative estimate of drug-likeness (QED) is 0.407. The molecule has 2 aliphatic rings. The van der Waals surface area contributed by atoms with E-state index >= 15 is 0 Å². The summed E-state index contributed by atoms with van der Waals surface area (Å²) in [4.78, 5) is 0. The summed E-state index contributed by atoms with van der Waals surface area (Å²) in [6.07, 6.45) is 11.4. The molecule has 28 heavy (non-hydrogen) atoms. The van der Waals surface area contributed by atoms with Crippen molar-refractivity contribution in [1.29, 1.82) is 0 Å². The van der Waals surface area contributed by atoms with Crippen LogP contribution in [0.2, 0.25) is 0 Å². The molecule has 1 aromatic rings. The van der Waals surface area contributed by atoms with E-state index in [0.29, 0.717) is 11.5 Å². The van der Waals surface area contributed by atoms with Gasteiger partial charge in [-0.25, -0.2) is 0 Å². The molecule has 0 aromatic heterocycles. The average Bonchev–Trinajstić information content (AvgIpc) is 2.68. The Kier molecular flexibility index (Phi) is 7.88. The summed E-state index contributed by atoms with van der Waals surface area (Å²) in [6, 6.07) is 7.23. The molecule has 0 radical (unpaired) electrons. The van der Waals surface area contributed by atoms with Crippen molar-refractivity contribution >= 4 is 0 Å². The predicted molar refractivity (Wildman–Crippen MR) is 110 cm³/mol. The van der Waals surface area contributed by atoms with Gasteiger partial charge in [-0.3, -0.25) is 0 Å². The maximum Gasteiger partial charge on any atom is 0.393 e. The van der Waals surface area contributed by atoms with Crippen molar-refractivity contribution in [2.75, 3.05) is 0 Å². The molecular formula is C25H37F3. The van der Waals surface area contributed by atoms with Gasteiger partial charge in [-0.2, -0.15) is 13.2 Å². The summed E-state index contributed by atoms with van der Waals surface area (Å²) in [5.41, 5.74) is 1.62. The van der Waals surface area contributed by atoms with Gasteiger partial charge in [0.05, 0.1) is 6.42 Å². The van der Waals surface area contributed by atoms with Crippen LogP contribution in [0.25, 0.3) is 0 Å². The van der Waals surface area contributed by atoms with Crippen LogP contribution in [-0.2, 0) is 6.42 Å². The molecule has 3 heteroatoms. The van der Waals surface area contributed by atoms with Gasteiger partial charge in [0, 0.05) is 0 Å². The topological polar surface area (TPSA) is 0 Å². The number of unbranched alkanes of at least 4 members (excludes halogenated alkanes) is 2. The van der Waals surface area contributed by atoms with Crippen LogP contribution < -0.4 is 0 Å². The Morgan fingerprint density at radius 1 is 0.786 bits per heavy atom. The van der Waals surface area contributed by atoms with Crippen LogP contribution in [0.4, 0.5) is 13.2 Å². The first-order chi connectivity index (χ1) is 13.4. The lowest BCUT2D eigenvalue weighted by atomic mass is 9.68. The smallest absolute Gasteiger partial charge is 0.171 e. The fraction of sp³-hybridized carbons (Fsp3) is 0.760. The van der Waals surface area contributed by atoms with Crippen LogP contribution in [0.3, 0.4) is 0 Å². The van der Waals surface area contributed by atoms with E-state index in [1.807, 2.05) is 12.1 Å². The molecular weight excluding hydrogens is 357 g/mol. The fourth-order valence-electron chi connectivity index (χ4n) is 5.69. The summed E-state index contributed by atoms with van der Waals surface area (Å²) in [7, 11) is 0. The number of benzene rings is 1. The molecule has 0 atom stereocenters. The lowest BCUT2D eigenvalue weighted by molar-refractivity contribution is -0.127. The lowest BCUT2D eigenvalue weighted by Gasteiger charge is -2.38. The van der Waals surface area contributed by atoms with Crippen LogP contribution >= 0.6 is 0 Å². The maximum atomic E-state index is 12.5. The van der Waals surface area contributed by atoms with E-state index in [9.17, 15) is 13.2 Å². The minimum Gasteiger partial charge on any atom is -0.171 e. The molecule has 2 aliphatic carbocycles. The minimum atomic E-state index is -4.12. The Morgan fingerprint density at radius 3 is 1.89 bits per heavy atom. The number of rotatable bonds is 7. The molecule has 0 saturated heterocycles. The third kappa shape index (κ3) is 6.52. The lowest BCUT2D eigenvalue weighted by Crippen LogP contribution is -2.25. The third-order valence-electron chi connectivity index (χ3n) is 7.40. The molecule has 0 spiro atoms.